The van der Waals surface area contributed by atoms with Crippen LogP contribution in [0.2, 0.25) is 0 Å². The number of carbonyl (C=O) groups excluding carboxylic acids is 1. The first kappa shape index (κ1) is 16.4. The summed E-state index contributed by atoms with van der Waals surface area (Å²) in [7, 11) is 2.01. The summed E-state index contributed by atoms with van der Waals surface area (Å²) in [5, 5.41) is 7.87. The van der Waals surface area contributed by atoms with Gasteiger partial charge in [0.25, 0.3) is 5.91 Å². The normalized spacial score (nSPS) is 16.3. The van der Waals surface area contributed by atoms with Crippen LogP contribution in [0.5, 0.6) is 0 Å². The van der Waals surface area contributed by atoms with Crippen molar-refractivity contribution in [1.29, 1.82) is 0 Å². The van der Waals surface area contributed by atoms with E-state index in [2.05, 4.69) is 29.3 Å². The van der Waals surface area contributed by atoms with Gasteiger partial charge in [-0.2, -0.15) is 5.10 Å². The van der Waals surface area contributed by atoms with Crippen molar-refractivity contribution in [2.45, 2.75) is 26.6 Å². The first-order chi connectivity index (χ1) is 12.6. The molecule has 1 atom stereocenters. The van der Waals surface area contributed by atoms with Crippen molar-refractivity contribution in [2.75, 3.05) is 11.9 Å². The summed E-state index contributed by atoms with van der Waals surface area (Å²) in [5.74, 6) is -0.0432. The summed E-state index contributed by atoms with van der Waals surface area (Å²) in [6.07, 6.45) is -0.220. The average Bonchev–Trinajstić information content (AvgIpc) is 2.93. The molecule has 0 spiro atoms. The Kier molecular flexibility index (Phi) is 3.99. The van der Waals surface area contributed by atoms with E-state index in [0.717, 1.165) is 22.6 Å². The highest BCUT2D eigenvalue weighted by atomic mass is 16.2. The second-order valence-electron chi connectivity index (χ2n) is 6.73. The van der Waals surface area contributed by atoms with Gasteiger partial charge in [-0.1, -0.05) is 42.5 Å². The van der Waals surface area contributed by atoms with Gasteiger partial charge in [0.1, 0.15) is 6.17 Å². The van der Waals surface area contributed by atoms with Crippen LogP contribution in [0, 0.1) is 13.8 Å². The molecular formula is C21H22N4O. The standard InChI is InChI=1S/C21H22N4O/c1-14-19(15(2)25(23-14)13-16-9-5-4-6-10-16)20-22-21(26)17-11-7-8-12-18(17)24(20)3/h4-12,20H,13H2,1-3H3,(H,22,26). The molecule has 0 saturated carbocycles. The zero-order valence-corrected chi connectivity index (χ0v) is 15.2. The van der Waals surface area contributed by atoms with E-state index in [-0.39, 0.29) is 12.1 Å². The van der Waals surface area contributed by atoms with Crippen LogP contribution < -0.4 is 10.2 Å². The predicted molar refractivity (Wildman–Crippen MR) is 102 cm³/mol. The van der Waals surface area contributed by atoms with Crippen molar-refractivity contribution in [2.24, 2.45) is 0 Å². The van der Waals surface area contributed by atoms with Crippen molar-refractivity contribution in [3.05, 3.63) is 82.7 Å². The van der Waals surface area contributed by atoms with E-state index in [4.69, 9.17) is 5.10 Å². The van der Waals surface area contributed by atoms with Crippen LogP contribution in [0.1, 0.15) is 39.0 Å². The van der Waals surface area contributed by atoms with E-state index in [1.165, 1.54) is 5.56 Å². The topological polar surface area (TPSA) is 50.2 Å². The second-order valence-corrected chi connectivity index (χ2v) is 6.73. The minimum atomic E-state index is -0.220. The number of fused-ring (bicyclic) bond motifs is 1. The summed E-state index contributed by atoms with van der Waals surface area (Å²) < 4.78 is 2.01. The Bertz CT molecular complexity index is 961. The minimum Gasteiger partial charge on any atom is -0.350 e. The molecule has 0 fully saturated rings. The van der Waals surface area contributed by atoms with Gasteiger partial charge >= 0.3 is 0 Å². The number of hydrogen-bond acceptors (Lipinski definition) is 3. The van der Waals surface area contributed by atoms with Crippen molar-refractivity contribution in [1.82, 2.24) is 15.1 Å². The van der Waals surface area contributed by atoms with Crippen LogP contribution in [0.3, 0.4) is 0 Å². The molecule has 0 aliphatic carbocycles. The molecule has 1 N–H and O–H groups in total. The number of nitrogens with one attached hydrogen (secondary N) is 1. The van der Waals surface area contributed by atoms with Crippen molar-refractivity contribution < 1.29 is 4.79 Å². The zero-order chi connectivity index (χ0) is 18.3. The van der Waals surface area contributed by atoms with Gasteiger partial charge in [0.05, 0.1) is 23.5 Å². The molecule has 1 aliphatic heterocycles. The lowest BCUT2D eigenvalue weighted by atomic mass is 10.0. The van der Waals surface area contributed by atoms with Crippen LogP contribution in [-0.2, 0) is 6.54 Å². The minimum absolute atomic E-state index is 0.0432. The summed E-state index contributed by atoms with van der Waals surface area (Å²) in [4.78, 5) is 14.7. The monoisotopic (exact) mass is 346 g/mol. The van der Waals surface area contributed by atoms with Crippen molar-refractivity contribution in [3.63, 3.8) is 0 Å². The molecule has 5 heteroatoms. The van der Waals surface area contributed by atoms with Crippen LogP contribution in [0.4, 0.5) is 5.69 Å². The molecule has 2 heterocycles. The molecule has 0 radical (unpaired) electrons. The molecule has 5 nitrogen and oxygen atoms in total. The number of nitrogens with zero attached hydrogens (tertiary/aromatic N) is 3. The molecule has 1 unspecified atom stereocenters. The Morgan fingerprint density at radius 2 is 1.73 bits per heavy atom. The number of aromatic nitrogens is 2. The van der Waals surface area contributed by atoms with Crippen molar-refractivity contribution >= 4 is 11.6 Å². The SMILES string of the molecule is Cc1nn(Cc2ccccc2)c(C)c1C1NC(=O)c2ccccc2N1C. The Hall–Kier alpha value is -3.08. The van der Waals surface area contributed by atoms with Gasteiger partial charge in [0.2, 0.25) is 0 Å². The van der Waals surface area contributed by atoms with Crippen LogP contribution in [-0.4, -0.2) is 22.7 Å². The lowest BCUT2D eigenvalue weighted by Crippen LogP contribution is -2.45. The van der Waals surface area contributed by atoms with Crippen molar-refractivity contribution in [3.8, 4) is 0 Å². The quantitative estimate of drug-likeness (QED) is 0.790. The number of benzene rings is 2. The number of anilines is 1. The van der Waals surface area contributed by atoms with E-state index in [1.54, 1.807) is 0 Å². The van der Waals surface area contributed by atoms with Gasteiger partial charge in [-0.05, 0) is 31.5 Å². The molecule has 1 aliphatic rings. The molecule has 1 amide bonds. The van der Waals surface area contributed by atoms with E-state index in [0.29, 0.717) is 12.1 Å². The maximum Gasteiger partial charge on any atom is 0.255 e. The molecule has 1 aromatic heterocycles. The largest absolute Gasteiger partial charge is 0.350 e. The number of rotatable bonds is 3. The summed E-state index contributed by atoms with van der Waals surface area (Å²) in [5.41, 5.74) is 5.93. The Morgan fingerprint density at radius 3 is 2.50 bits per heavy atom. The third kappa shape index (κ3) is 2.65. The van der Waals surface area contributed by atoms with E-state index >= 15 is 0 Å². The third-order valence-corrected chi connectivity index (χ3v) is 5.07. The number of hydrogen-bond donors (Lipinski definition) is 1. The highest BCUT2D eigenvalue weighted by molar-refractivity contribution is 6.02. The van der Waals surface area contributed by atoms with E-state index in [9.17, 15) is 4.79 Å². The number of aryl methyl sites for hydroxylation is 1. The summed E-state index contributed by atoms with van der Waals surface area (Å²) >= 11 is 0. The van der Waals surface area contributed by atoms with Gasteiger partial charge in [-0.25, -0.2) is 0 Å². The van der Waals surface area contributed by atoms with E-state index < -0.39 is 0 Å². The first-order valence-electron chi connectivity index (χ1n) is 8.77. The highest BCUT2D eigenvalue weighted by Gasteiger charge is 2.32. The third-order valence-electron chi connectivity index (χ3n) is 5.07. The van der Waals surface area contributed by atoms with Crippen LogP contribution in [0.25, 0.3) is 0 Å². The fraction of sp³-hybridized carbons (Fsp3) is 0.238. The number of amides is 1. The molecule has 3 aromatic rings. The Balaban J connectivity index is 1.72. The fourth-order valence-corrected chi connectivity index (χ4v) is 3.69. The fourth-order valence-electron chi connectivity index (χ4n) is 3.69. The average molecular weight is 346 g/mol. The zero-order valence-electron chi connectivity index (χ0n) is 15.2. The summed E-state index contributed by atoms with van der Waals surface area (Å²) in [6.45, 7) is 4.79. The molecule has 4 rings (SSSR count). The predicted octanol–water partition coefficient (Wildman–Crippen LogP) is 3.43. The van der Waals surface area contributed by atoms with Gasteiger partial charge in [0.15, 0.2) is 0 Å². The van der Waals surface area contributed by atoms with Crippen LogP contribution >= 0.6 is 0 Å². The van der Waals surface area contributed by atoms with E-state index in [1.807, 2.05) is 61.1 Å². The first-order valence-corrected chi connectivity index (χ1v) is 8.77. The van der Waals surface area contributed by atoms with Gasteiger partial charge < -0.3 is 10.2 Å². The Morgan fingerprint density at radius 1 is 1.04 bits per heavy atom. The summed E-state index contributed by atoms with van der Waals surface area (Å²) in [6, 6.07) is 18.0. The molecule has 132 valence electrons. The number of para-hydroxylation sites is 1. The van der Waals surface area contributed by atoms with Gasteiger partial charge in [-0.3, -0.25) is 9.48 Å². The molecule has 26 heavy (non-hydrogen) atoms. The van der Waals surface area contributed by atoms with Gasteiger partial charge in [-0.15, -0.1) is 0 Å². The lowest BCUT2D eigenvalue weighted by molar-refractivity contribution is 0.0928. The maximum absolute atomic E-state index is 12.6. The van der Waals surface area contributed by atoms with Crippen LogP contribution in [0.15, 0.2) is 54.6 Å². The molecular weight excluding hydrogens is 324 g/mol. The van der Waals surface area contributed by atoms with Gasteiger partial charge in [0, 0.05) is 18.3 Å². The number of carbonyl (C=O) groups is 1. The molecule has 0 bridgehead atoms. The molecule has 0 saturated heterocycles. The lowest BCUT2D eigenvalue weighted by Gasteiger charge is -2.36. The Labute approximate surface area is 153 Å². The smallest absolute Gasteiger partial charge is 0.255 e. The maximum atomic E-state index is 12.6. The second kappa shape index (κ2) is 6.33. The highest BCUT2D eigenvalue weighted by Crippen LogP contribution is 2.34. The molecule has 2 aromatic carbocycles.